The number of pyridine rings is 1. The van der Waals surface area contributed by atoms with Gasteiger partial charge in [0.2, 0.25) is 0 Å². The first-order valence-corrected chi connectivity index (χ1v) is 3.24. The molecule has 0 aliphatic heterocycles. The van der Waals surface area contributed by atoms with Crippen LogP contribution in [0.15, 0.2) is 30.6 Å². The molecule has 0 amide bonds. The summed E-state index contributed by atoms with van der Waals surface area (Å²) in [5.41, 5.74) is 3.74. The largest absolute Gasteiger partial charge is 0.275 e. The van der Waals surface area contributed by atoms with Crippen LogP contribution < -0.4 is 5.59 Å². The molecular weight excluding hydrogens is 142 g/mol. The Kier molecular flexibility index (Phi) is 1.26. The van der Waals surface area contributed by atoms with Crippen LogP contribution in [0.5, 0.6) is 0 Å². The molecule has 2 N–H and O–H groups in total. The van der Waals surface area contributed by atoms with E-state index in [1.807, 2.05) is 23.8 Å². The second kappa shape index (κ2) is 2.25. The van der Waals surface area contributed by atoms with Crippen LogP contribution in [-0.4, -0.2) is 14.9 Å². The van der Waals surface area contributed by atoms with Crippen molar-refractivity contribution in [2.75, 3.05) is 5.59 Å². The molecule has 0 saturated heterocycles. The van der Waals surface area contributed by atoms with Gasteiger partial charge in [-0.3, -0.25) is 10.2 Å². The Morgan fingerprint density at radius 2 is 2.36 bits per heavy atom. The standard InChI is InChI=1S/C7H7N3O/c11-9-10-5-3-6-7(10)2-1-4-8-6/h1-5,9,11H. The predicted molar refractivity (Wildman–Crippen MR) is 40.9 cm³/mol. The minimum Gasteiger partial charge on any atom is -0.275 e. The lowest BCUT2D eigenvalue weighted by Crippen LogP contribution is -2.06. The number of nitrogens with one attached hydrogen (secondary N) is 1. The molecular formula is C7H7N3O. The molecule has 0 bridgehead atoms. The number of aromatic nitrogens is 2. The number of nitrogens with zero attached hydrogens (tertiary/aromatic N) is 2. The van der Waals surface area contributed by atoms with E-state index >= 15 is 0 Å². The van der Waals surface area contributed by atoms with E-state index in [1.54, 1.807) is 12.4 Å². The van der Waals surface area contributed by atoms with Crippen LogP contribution in [0, 0.1) is 0 Å². The van der Waals surface area contributed by atoms with Gasteiger partial charge in [-0.1, -0.05) is 0 Å². The number of hydrogen-bond donors (Lipinski definition) is 2. The van der Waals surface area contributed by atoms with Crippen molar-refractivity contribution in [3.05, 3.63) is 30.6 Å². The number of fused-ring (bicyclic) bond motifs is 1. The van der Waals surface area contributed by atoms with Crippen molar-refractivity contribution in [3.8, 4) is 0 Å². The van der Waals surface area contributed by atoms with Crippen LogP contribution in [0.4, 0.5) is 0 Å². The van der Waals surface area contributed by atoms with Crippen molar-refractivity contribution in [1.29, 1.82) is 0 Å². The molecule has 0 aromatic carbocycles. The molecule has 0 spiro atoms. The average molecular weight is 149 g/mol. The van der Waals surface area contributed by atoms with Crippen molar-refractivity contribution in [2.45, 2.75) is 0 Å². The molecule has 4 nitrogen and oxygen atoms in total. The zero-order valence-corrected chi connectivity index (χ0v) is 5.73. The van der Waals surface area contributed by atoms with Gasteiger partial charge in [-0.05, 0) is 18.2 Å². The van der Waals surface area contributed by atoms with Crippen LogP contribution in [0.1, 0.15) is 0 Å². The maximum atomic E-state index is 8.61. The smallest absolute Gasteiger partial charge is 0.0901 e. The SMILES string of the molecule is ONn1ccc2ncccc21. The zero-order chi connectivity index (χ0) is 7.68. The average Bonchev–Trinajstić information content (AvgIpc) is 2.47. The van der Waals surface area contributed by atoms with E-state index in [-0.39, 0.29) is 0 Å². The van der Waals surface area contributed by atoms with Gasteiger partial charge in [-0.25, -0.2) is 10.3 Å². The van der Waals surface area contributed by atoms with Crippen LogP contribution >= 0.6 is 0 Å². The summed E-state index contributed by atoms with van der Waals surface area (Å²) in [4.78, 5) is 4.08. The molecule has 0 aliphatic rings. The van der Waals surface area contributed by atoms with E-state index in [4.69, 9.17) is 5.21 Å². The second-order valence-corrected chi connectivity index (χ2v) is 2.19. The van der Waals surface area contributed by atoms with Crippen LogP contribution in [0.25, 0.3) is 11.0 Å². The molecule has 4 heteroatoms. The Hall–Kier alpha value is -1.55. The Labute approximate surface area is 63.0 Å². The van der Waals surface area contributed by atoms with E-state index in [0.29, 0.717) is 0 Å². The first kappa shape index (κ1) is 6.18. The van der Waals surface area contributed by atoms with Gasteiger partial charge in [0.15, 0.2) is 0 Å². The van der Waals surface area contributed by atoms with Gasteiger partial charge in [-0.15, -0.1) is 0 Å². The summed E-state index contributed by atoms with van der Waals surface area (Å²) in [7, 11) is 0. The summed E-state index contributed by atoms with van der Waals surface area (Å²) >= 11 is 0. The highest BCUT2D eigenvalue weighted by Crippen LogP contribution is 2.09. The Morgan fingerprint density at radius 1 is 1.45 bits per heavy atom. The highest BCUT2D eigenvalue weighted by molar-refractivity contribution is 5.75. The normalized spacial score (nSPS) is 10.3. The maximum Gasteiger partial charge on any atom is 0.0901 e. The fraction of sp³-hybridized carbons (Fsp3) is 0. The monoisotopic (exact) mass is 149 g/mol. The van der Waals surface area contributed by atoms with Crippen molar-refractivity contribution >= 4 is 11.0 Å². The highest BCUT2D eigenvalue weighted by Gasteiger charge is 1.97. The topological polar surface area (TPSA) is 50.1 Å². The Bertz CT molecular complexity index is 368. The van der Waals surface area contributed by atoms with Crippen LogP contribution in [-0.2, 0) is 0 Å². The minimum atomic E-state index is 0.856. The van der Waals surface area contributed by atoms with E-state index in [9.17, 15) is 0 Å². The minimum absolute atomic E-state index is 0.856. The summed E-state index contributed by atoms with van der Waals surface area (Å²) in [5, 5.41) is 8.61. The fourth-order valence-corrected chi connectivity index (χ4v) is 1.05. The molecule has 2 heterocycles. The fourth-order valence-electron chi connectivity index (χ4n) is 1.05. The molecule has 56 valence electrons. The quantitative estimate of drug-likeness (QED) is 0.594. The van der Waals surface area contributed by atoms with E-state index < -0.39 is 0 Å². The lowest BCUT2D eigenvalue weighted by Gasteiger charge is -1.99. The van der Waals surface area contributed by atoms with Crippen molar-refractivity contribution in [3.63, 3.8) is 0 Å². The molecule has 0 atom stereocenters. The van der Waals surface area contributed by atoms with Crippen molar-refractivity contribution in [1.82, 2.24) is 9.66 Å². The van der Waals surface area contributed by atoms with Gasteiger partial charge >= 0.3 is 0 Å². The van der Waals surface area contributed by atoms with Gasteiger partial charge in [0.1, 0.15) is 0 Å². The summed E-state index contributed by atoms with van der Waals surface area (Å²) in [6.07, 6.45) is 3.42. The Balaban J connectivity index is 2.76. The van der Waals surface area contributed by atoms with Gasteiger partial charge < -0.3 is 0 Å². The molecule has 2 aromatic heterocycles. The first-order valence-electron chi connectivity index (χ1n) is 3.24. The van der Waals surface area contributed by atoms with Gasteiger partial charge in [0.05, 0.1) is 11.0 Å². The maximum absolute atomic E-state index is 8.61. The molecule has 0 saturated carbocycles. The van der Waals surface area contributed by atoms with Crippen LogP contribution in [0.2, 0.25) is 0 Å². The third kappa shape index (κ3) is 0.841. The lowest BCUT2D eigenvalue weighted by molar-refractivity contribution is 0.323. The summed E-state index contributed by atoms with van der Waals surface area (Å²) in [6, 6.07) is 5.50. The zero-order valence-electron chi connectivity index (χ0n) is 5.73. The van der Waals surface area contributed by atoms with E-state index in [2.05, 4.69) is 4.98 Å². The molecule has 0 fully saturated rings. The summed E-state index contributed by atoms with van der Waals surface area (Å²) in [5.74, 6) is 0. The number of hydrogen-bond acceptors (Lipinski definition) is 3. The molecule has 0 radical (unpaired) electrons. The van der Waals surface area contributed by atoms with E-state index in [0.717, 1.165) is 11.0 Å². The summed E-state index contributed by atoms with van der Waals surface area (Å²) in [6.45, 7) is 0. The highest BCUT2D eigenvalue weighted by atomic mass is 16.5. The number of rotatable bonds is 1. The third-order valence-corrected chi connectivity index (χ3v) is 1.56. The van der Waals surface area contributed by atoms with Crippen molar-refractivity contribution in [2.24, 2.45) is 0 Å². The molecule has 11 heavy (non-hydrogen) atoms. The van der Waals surface area contributed by atoms with Gasteiger partial charge in [0, 0.05) is 12.4 Å². The molecule has 0 unspecified atom stereocenters. The first-order chi connectivity index (χ1) is 5.42. The Morgan fingerprint density at radius 3 is 3.18 bits per heavy atom. The second-order valence-electron chi connectivity index (χ2n) is 2.19. The lowest BCUT2D eigenvalue weighted by atomic mass is 10.4. The third-order valence-electron chi connectivity index (χ3n) is 1.56. The van der Waals surface area contributed by atoms with Gasteiger partial charge in [-0.2, -0.15) is 0 Å². The van der Waals surface area contributed by atoms with Gasteiger partial charge in [0.25, 0.3) is 0 Å². The van der Waals surface area contributed by atoms with Crippen molar-refractivity contribution < 1.29 is 5.21 Å². The molecule has 2 aromatic rings. The molecule has 0 aliphatic carbocycles. The summed E-state index contributed by atoms with van der Waals surface area (Å²) < 4.78 is 1.49. The molecule has 2 rings (SSSR count). The van der Waals surface area contributed by atoms with Crippen LogP contribution in [0.3, 0.4) is 0 Å². The van der Waals surface area contributed by atoms with E-state index in [1.165, 1.54) is 4.68 Å². The predicted octanol–water partition coefficient (Wildman–Crippen LogP) is 0.969.